The van der Waals surface area contributed by atoms with Gasteiger partial charge < -0.3 is 9.72 Å². The van der Waals surface area contributed by atoms with E-state index in [9.17, 15) is 0 Å². The Morgan fingerprint density at radius 3 is 2.14 bits per heavy atom. The van der Waals surface area contributed by atoms with Crippen LogP contribution in [0.5, 0.6) is 0 Å². The van der Waals surface area contributed by atoms with E-state index in [4.69, 9.17) is 14.7 Å². The second kappa shape index (κ2) is 8.84. The van der Waals surface area contributed by atoms with Crippen molar-refractivity contribution < 1.29 is 4.74 Å². The Hall–Kier alpha value is -2.57. The largest absolute Gasteiger partial charge is 0.381 e. The van der Waals surface area contributed by atoms with Crippen LogP contribution in [0.2, 0.25) is 0 Å². The van der Waals surface area contributed by atoms with Gasteiger partial charge >= 0.3 is 0 Å². The molecule has 4 rings (SSSR count). The maximum Gasteiger partial charge on any atom is 0.0921 e. The summed E-state index contributed by atoms with van der Waals surface area (Å²) in [4.78, 5) is 19.5. The number of ether oxygens (including phenoxy) is 1. The first kappa shape index (κ1) is 19.7. The highest BCUT2D eigenvalue weighted by Gasteiger charge is 2.39. The molecular formula is C23H29N5O. The molecule has 0 aromatic carbocycles. The molecule has 4 heterocycles. The summed E-state index contributed by atoms with van der Waals surface area (Å²) in [6.45, 7) is 5.19. The predicted octanol–water partition coefficient (Wildman–Crippen LogP) is 3.95. The molecule has 0 radical (unpaired) electrons. The van der Waals surface area contributed by atoms with Crippen LogP contribution in [-0.2, 0) is 11.2 Å². The van der Waals surface area contributed by atoms with Gasteiger partial charge in [-0.15, -0.1) is 0 Å². The van der Waals surface area contributed by atoms with E-state index in [-0.39, 0.29) is 18.2 Å². The number of likely N-dealkylation sites (tertiary alicyclic amines) is 1. The van der Waals surface area contributed by atoms with Crippen LogP contribution >= 0.6 is 0 Å². The van der Waals surface area contributed by atoms with Crippen LogP contribution in [0.15, 0.2) is 49.2 Å². The predicted molar refractivity (Wildman–Crippen MR) is 112 cm³/mol. The molecular weight excluding hydrogens is 362 g/mol. The zero-order valence-electron chi connectivity index (χ0n) is 17.4. The number of H-pyrrole nitrogens is 1. The Bertz CT molecular complexity index is 871. The number of hydrogen-bond donors (Lipinski definition) is 1. The fourth-order valence-corrected chi connectivity index (χ4v) is 4.49. The van der Waals surface area contributed by atoms with Gasteiger partial charge in [0.2, 0.25) is 0 Å². The third-order valence-corrected chi connectivity index (χ3v) is 6.03. The normalized spacial score (nSPS) is 22.7. The summed E-state index contributed by atoms with van der Waals surface area (Å²) in [7, 11) is 1.82. The lowest BCUT2D eigenvalue weighted by Crippen LogP contribution is -2.44. The van der Waals surface area contributed by atoms with Crippen molar-refractivity contribution in [1.29, 1.82) is 0 Å². The van der Waals surface area contributed by atoms with Gasteiger partial charge in [0.25, 0.3) is 0 Å². The van der Waals surface area contributed by atoms with Gasteiger partial charge in [-0.05, 0) is 49.9 Å². The maximum absolute atomic E-state index is 5.87. The summed E-state index contributed by atoms with van der Waals surface area (Å²) < 4.78 is 5.87. The van der Waals surface area contributed by atoms with Gasteiger partial charge in [0.05, 0.1) is 35.9 Å². The number of aromatic nitrogens is 4. The van der Waals surface area contributed by atoms with Crippen LogP contribution in [0.25, 0.3) is 0 Å². The molecule has 0 bridgehead atoms. The molecule has 0 aliphatic carbocycles. The number of piperidine rings is 1. The van der Waals surface area contributed by atoms with E-state index in [2.05, 4.69) is 40.8 Å². The summed E-state index contributed by atoms with van der Waals surface area (Å²) in [5.41, 5.74) is 5.86. The number of imidazole rings is 1. The van der Waals surface area contributed by atoms with E-state index >= 15 is 0 Å². The molecule has 1 N–H and O–H groups in total. The standard InChI is InChI=1S/C23H29N5O/c1-16-6-4-9-25-22(16)20-12-19(29-3)13-21(23-17(2)7-5-10-26-23)28(20)11-8-18-14-24-15-27-18/h4-7,9-10,14-15,19-21H,8,11-13H2,1-3H3,(H,24,27)/t19?,20-,21+. The molecule has 0 saturated carbocycles. The second-order valence-electron chi connectivity index (χ2n) is 7.84. The van der Waals surface area contributed by atoms with Gasteiger partial charge in [-0.25, -0.2) is 4.98 Å². The zero-order chi connectivity index (χ0) is 20.2. The minimum absolute atomic E-state index is 0.177. The Labute approximate surface area is 172 Å². The van der Waals surface area contributed by atoms with E-state index < -0.39 is 0 Å². The second-order valence-corrected chi connectivity index (χ2v) is 7.84. The van der Waals surface area contributed by atoms with Crippen molar-refractivity contribution >= 4 is 0 Å². The smallest absolute Gasteiger partial charge is 0.0921 e. The van der Waals surface area contributed by atoms with Crippen LogP contribution in [0.4, 0.5) is 0 Å². The van der Waals surface area contributed by atoms with Gasteiger partial charge in [0.15, 0.2) is 0 Å². The molecule has 3 aromatic rings. The highest BCUT2D eigenvalue weighted by molar-refractivity contribution is 5.26. The summed E-state index contributed by atoms with van der Waals surface area (Å²) in [5, 5.41) is 0. The average molecular weight is 392 g/mol. The van der Waals surface area contributed by atoms with Crippen molar-refractivity contribution in [2.75, 3.05) is 13.7 Å². The minimum Gasteiger partial charge on any atom is -0.381 e. The molecule has 3 aromatic heterocycles. The molecule has 0 amide bonds. The maximum atomic E-state index is 5.87. The monoisotopic (exact) mass is 391 g/mol. The van der Waals surface area contributed by atoms with Crippen LogP contribution < -0.4 is 0 Å². The van der Waals surface area contributed by atoms with Gasteiger partial charge in [-0.1, -0.05) is 12.1 Å². The summed E-state index contributed by atoms with van der Waals surface area (Å²) in [5.74, 6) is 0. The number of rotatable bonds is 6. The van der Waals surface area contributed by atoms with Gasteiger partial charge in [-0.3, -0.25) is 14.9 Å². The molecule has 0 spiro atoms. The number of methoxy groups -OCH3 is 1. The average Bonchev–Trinajstić information content (AvgIpc) is 3.26. The van der Waals surface area contributed by atoms with E-state index in [1.165, 1.54) is 11.1 Å². The molecule has 152 valence electrons. The van der Waals surface area contributed by atoms with Crippen molar-refractivity contribution in [1.82, 2.24) is 24.8 Å². The Balaban J connectivity index is 1.73. The first-order valence-corrected chi connectivity index (χ1v) is 10.3. The van der Waals surface area contributed by atoms with Crippen molar-refractivity contribution in [3.63, 3.8) is 0 Å². The van der Waals surface area contributed by atoms with Crippen molar-refractivity contribution in [2.24, 2.45) is 0 Å². The molecule has 1 aliphatic rings. The highest BCUT2D eigenvalue weighted by atomic mass is 16.5. The fourth-order valence-electron chi connectivity index (χ4n) is 4.49. The molecule has 1 aliphatic heterocycles. The number of nitrogens with one attached hydrogen (secondary N) is 1. The number of pyridine rings is 2. The number of aryl methyl sites for hydroxylation is 2. The van der Waals surface area contributed by atoms with Crippen LogP contribution in [0.1, 0.15) is 53.1 Å². The lowest BCUT2D eigenvalue weighted by atomic mass is 9.86. The van der Waals surface area contributed by atoms with Gasteiger partial charge in [-0.2, -0.15) is 0 Å². The topological polar surface area (TPSA) is 66.9 Å². The number of nitrogens with zero attached hydrogens (tertiary/aromatic N) is 4. The van der Waals surface area contributed by atoms with Crippen LogP contribution in [0.3, 0.4) is 0 Å². The molecule has 6 heteroatoms. The van der Waals surface area contributed by atoms with E-state index in [1.54, 1.807) is 6.33 Å². The molecule has 1 unspecified atom stereocenters. The number of aromatic amines is 1. The zero-order valence-corrected chi connectivity index (χ0v) is 17.4. The van der Waals surface area contributed by atoms with Crippen LogP contribution in [0, 0.1) is 13.8 Å². The van der Waals surface area contributed by atoms with Crippen molar-refractivity contribution in [3.05, 3.63) is 77.4 Å². The summed E-state index contributed by atoms with van der Waals surface area (Å²) >= 11 is 0. The lowest BCUT2D eigenvalue weighted by Gasteiger charge is -2.45. The highest BCUT2D eigenvalue weighted by Crippen LogP contribution is 2.43. The Morgan fingerprint density at radius 2 is 1.66 bits per heavy atom. The lowest BCUT2D eigenvalue weighted by molar-refractivity contribution is -0.0268. The molecule has 29 heavy (non-hydrogen) atoms. The van der Waals surface area contributed by atoms with Crippen LogP contribution in [-0.4, -0.2) is 44.6 Å². The third kappa shape index (κ3) is 4.23. The van der Waals surface area contributed by atoms with E-state index in [0.29, 0.717) is 0 Å². The van der Waals surface area contributed by atoms with Gasteiger partial charge in [0.1, 0.15) is 0 Å². The molecule has 1 saturated heterocycles. The minimum atomic E-state index is 0.177. The quantitative estimate of drug-likeness (QED) is 0.689. The summed E-state index contributed by atoms with van der Waals surface area (Å²) in [6, 6.07) is 8.67. The first-order valence-electron chi connectivity index (χ1n) is 10.3. The SMILES string of the molecule is COC1C[C@H](c2ncccc2C)N(CCc2cnc[nH]2)[C@H](c2ncccc2C)C1. The third-order valence-electron chi connectivity index (χ3n) is 6.03. The number of hydrogen-bond acceptors (Lipinski definition) is 5. The first-order chi connectivity index (χ1) is 14.2. The van der Waals surface area contributed by atoms with E-state index in [0.717, 1.165) is 42.9 Å². The Morgan fingerprint density at radius 1 is 1.03 bits per heavy atom. The van der Waals surface area contributed by atoms with Gasteiger partial charge in [0, 0.05) is 44.4 Å². The fraction of sp³-hybridized carbons (Fsp3) is 0.435. The van der Waals surface area contributed by atoms with Crippen molar-refractivity contribution in [2.45, 2.75) is 51.3 Å². The van der Waals surface area contributed by atoms with Crippen molar-refractivity contribution in [3.8, 4) is 0 Å². The molecule has 6 nitrogen and oxygen atoms in total. The summed E-state index contributed by atoms with van der Waals surface area (Å²) in [6.07, 6.45) is 10.4. The Kier molecular flexibility index (Phi) is 6.02. The molecule has 1 fully saturated rings. The van der Waals surface area contributed by atoms with E-state index in [1.807, 2.05) is 37.8 Å². The molecule has 3 atom stereocenters.